The van der Waals surface area contributed by atoms with Gasteiger partial charge in [0.1, 0.15) is 5.52 Å². The van der Waals surface area contributed by atoms with Crippen molar-refractivity contribution >= 4 is 11.1 Å². The monoisotopic (exact) mass is 251 g/mol. The van der Waals surface area contributed by atoms with Gasteiger partial charge in [0.2, 0.25) is 5.89 Å². The molecule has 2 nitrogen and oxygen atoms in total. The standard InChI is InChI=1S/C17H17NO/c1-17(2,3)13-9-10-14-15(11-13)19-16(18-14)12-7-5-4-6-8-12/h4-11H,1-3H3. The molecule has 0 saturated heterocycles. The molecule has 1 aromatic heterocycles. The van der Waals surface area contributed by atoms with Crippen LogP contribution in [0.1, 0.15) is 26.3 Å². The molecule has 19 heavy (non-hydrogen) atoms. The number of aromatic nitrogens is 1. The Morgan fingerprint density at radius 1 is 0.947 bits per heavy atom. The summed E-state index contributed by atoms with van der Waals surface area (Å²) >= 11 is 0. The van der Waals surface area contributed by atoms with Crippen molar-refractivity contribution in [2.24, 2.45) is 0 Å². The maximum atomic E-state index is 5.88. The van der Waals surface area contributed by atoms with E-state index in [-0.39, 0.29) is 5.41 Å². The molecule has 0 unspecified atom stereocenters. The van der Waals surface area contributed by atoms with Gasteiger partial charge in [-0.25, -0.2) is 4.98 Å². The Bertz CT molecular complexity index is 705. The smallest absolute Gasteiger partial charge is 0.227 e. The fraction of sp³-hybridized carbons (Fsp3) is 0.235. The third-order valence-corrected chi connectivity index (χ3v) is 3.28. The highest BCUT2D eigenvalue weighted by Gasteiger charge is 2.16. The molecule has 0 N–H and O–H groups in total. The van der Waals surface area contributed by atoms with E-state index in [1.54, 1.807) is 0 Å². The minimum Gasteiger partial charge on any atom is -0.436 e. The third kappa shape index (κ3) is 2.26. The van der Waals surface area contributed by atoms with Crippen molar-refractivity contribution < 1.29 is 4.42 Å². The number of oxazole rings is 1. The van der Waals surface area contributed by atoms with E-state index in [4.69, 9.17) is 4.42 Å². The molecule has 0 aliphatic rings. The van der Waals surface area contributed by atoms with E-state index in [2.05, 4.69) is 37.9 Å². The lowest BCUT2D eigenvalue weighted by Gasteiger charge is -2.18. The molecule has 2 heteroatoms. The summed E-state index contributed by atoms with van der Waals surface area (Å²) in [5.41, 5.74) is 4.15. The molecule has 96 valence electrons. The van der Waals surface area contributed by atoms with Crippen LogP contribution >= 0.6 is 0 Å². The summed E-state index contributed by atoms with van der Waals surface area (Å²) in [5, 5.41) is 0. The summed E-state index contributed by atoms with van der Waals surface area (Å²) < 4.78 is 5.88. The molecule has 0 aliphatic carbocycles. The van der Waals surface area contributed by atoms with Crippen LogP contribution in [0.2, 0.25) is 0 Å². The van der Waals surface area contributed by atoms with Gasteiger partial charge in [0, 0.05) is 5.56 Å². The quantitative estimate of drug-likeness (QED) is 0.621. The second-order valence-corrected chi connectivity index (χ2v) is 5.82. The first-order valence-corrected chi connectivity index (χ1v) is 6.50. The lowest BCUT2D eigenvalue weighted by atomic mass is 9.87. The van der Waals surface area contributed by atoms with E-state index in [1.807, 2.05) is 36.4 Å². The number of hydrogen-bond donors (Lipinski definition) is 0. The van der Waals surface area contributed by atoms with Crippen molar-refractivity contribution in [2.75, 3.05) is 0 Å². The molecule has 0 saturated carbocycles. The molecule has 0 spiro atoms. The van der Waals surface area contributed by atoms with E-state index in [0.29, 0.717) is 5.89 Å². The first kappa shape index (κ1) is 12.0. The minimum absolute atomic E-state index is 0.119. The van der Waals surface area contributed by atoms with Gasteiger partial charge in [-0.05, 0) is 35.2 Å². The van der Waals surface area contributed by atoms with E-state index in [0.717, 1.165) is 16.7 Å². The SMILES string of the molecule is CC(C)(C)c1ccc2nc(-c3ccccc3)oc2c1. The Morgan fingerprint density at radius 2 is 1.68 bits per heavy atom. The highest BCUT2D eigenvalue weighted by Crippen LogP contribution is 2.29. The van der Waals surface area contributed by atoms with Gasteiger partial charge in [-0.3, -0.25) is 0 Å². The summed E-state index contributed by atoms with van der Waals surface area (Å²) in [4.78, 5) is 4.54. The molecular weight excluding hydrogens is 234 g/mol. The van der Waals surface area contributed by atoms with Gasteiger partial charge in [0.15, 0.2) is 5.58 Å². The highest BCUT2D eigenvalue weighted by atomic mass is 16.3. The van der Waals surface area contributed by atoms with Crippen LogP contribution in [0.25, 0.3) is 22.6 Å². The van der Waals surface area contributed by atoms with Crippen molar-refractivity contribution in [1.82, 2.24) is 4.98 Å². The third-order valence-electron chi connectivity index (χ3n) is 3.28. The maximum absolute atomic E-state index is 5.88. The zero-order valence-electron chi connectivity index (χ0n) is 11.5. The highest BCUT2D eigenvalue weighted by molar-refractivity contribution is 5.77. The normalized spacial score (nSPS) is 11.9. The predicted octanol–water partition coefficient (Wildman–Crippen LogP) is 4.79. The lowest BCUT2D eigenvalue weighted by molar-refractivity contribution is 0.584. The Balaban J connectivity index is 2.12. The van der Waals surface area contributed by atoms with Gasteiger partial charge >= 0.3 is 0 Å². The number of benzene rings is 2. The molecule has 1 heterocycles. The van der Waals surface area contributed by atoms with Gasteiger partial charge in [-0.1, -0.05) is 45.0 Å². The number of hydrogen-bond acceptors (Lipinski definition) is 2. The second kappa shape index (κ2) is 4.23. The number of rotatable bonds is 1. The fourth-order valence-corrected chi connectivity index (χ4v) is 2.10. The Labute approximate surface area is 113 Å². The summed E-state index contributed by atoms with van der Waals surface area (Å²) in [6, 6.07) is 16.2. The molecule has 0 atom stereocenters. The van der Waals surface area contributed by atoms with Crippen LogP contribution in [0.3, 0.4) is 0 Å². The minimum atomic E-state index is 0.119. The van der Waals surface area contributed by atoms with Gasteiger partial charge in [-0.2, -0.15) is 0 Å². The van der Waals surface area contributed by atoms with Gasteiger partial charge in [0.05, 0.1) is 0 Å². The molecule has 0 bridgehead atoms. The predicted molar refractivity (Wildman–Crippen MR) is 78.1 cm³/mol. The summed E-state index contributed by atoms with van der Waals surface area (Å²) in [5.74, 6) is 0.682. The molecule has 0 fully saturated rings. The van der Waals surface area contributed by atoms with Crippen molar-refractivity contribution in [3.8, 4) is 11.5 Å². The summed E-state index contributed by atoms with van der Waals surface area (Å²) in [7, 11) is 0. The van der Waals surface area contributed by atoms with Crippen molar-refractivity contribution in [3.05, 3.63) is 54.1 Å². The molecular formula is C17H17NO. The van der Waals surface area contributed by atoms with Gasteiger partial charge in [-0.15, -0.1) is 0 Å². The molecule has 0 aliphatic heterocycles. The average Bonchev–Trinajstić information content (AvgIpc) is 2.81. The molecule has 0 radical (unpaired) electrons. The van der Waals surface area contributed by atoms with E-state index < -0.39 is 0 Å². The fourth-order valence-electron chi connectivity index (χ4n) is 2.10. The Hall–Kier alpha value is -2.09. The Morgan fingerprint density at radius 3 is 2.37 bits per heavy atom. The average molecular weight is 251 g/mol. The zero-order valence-corrected chi connectivity index (χ0v) is 11.5. The molecule has 3 aromatic rings. The van der Waals surface area contributed by atoms with Gasteiger partial charge in [0.25, 0.3) is 0 Å². The van der Waals surface area contributed by atoms with Crippen molar-refractivity contribution in [1.29, 1.82) is 0 Å². The van der Waals surface area contributed by atoms with Gasteiger partial charge < -0.3 is 4.42 Å². The van der Waals surface area contributed by atoms with E-state index in [9.17, 15) is 0 Å². The van der Waals surface area contributed by atoms with Crippen LogP contribution in [0.4, 0.5) is 0 Å². The Kier molecular flexibility index (Phi) is 2.67. The second-order valence-electron chi connectivity index (χ2n) is 5.82. The maximum Gasteiger partial charge on any atom is 0.227 e. The van der Waals surface area contributed by atoms with Crippen LogP contribution in [-0.4, -0.2) is 4.98 Å². The molecule has 2 aromatic carbocycles. The van der Waals surface area contributed by atoms with Crippen molar-refractivity contribution in [3.63, 3.8) is 0 Å². The zero-order chi connectivity index (χ0) is 13.5. The van der Waals surface area contributed by atoms with Crippen LogP contribution < -0.4 is 0 Å². The number of nitrogens with zero attached hydrogens (tertiary/aromatic N) is 1. The van der Waals surface area contributed by atoms with E-state index in [1.165, 1.54) is 5.56 Å². The van der Waals surface area contributed by atoms with Crippen molar-refractivity contribution in [2.45, 2.75) is 26.2 Å². The largest absolute Gasteiger partial charge is 0.436 e. The first-order chi connectivity index (χ1) is 9.04. The lowest BCUT2D eigenvalue weighted by Crippen LogP contribution is -2.10. The molecule has 0 amide bonds. The van der Waals surface area contributed by atoms with Crippen LogP contribution in [-0.2, 0) is 5.41 Å². The molecule has 3 rings (SSSR count). The summed E-state index contributed by atoms with van der Waals surface area (Å²) in [6.07, 6.45) is 0. The van der Waals surface area contributed by atoms with Crippen LogP contribution in [0.5, 0.6) is 0 Å². The first-order valence-electron chi connectivity index (χ1n) is 6.50. The topological polar surface area (TPSA) is 26.0 Å². The van der Waals surface area contributed by atoms with Crippen LogP contribution in [0.15, 0.2) is 52.9 Å². The summed E-state index contributed by atoms with van der Waals surface area (Å²) in [6.45, 7) is 6.59. The van der Waals surface area contributed by atoms with E-state index >= 15 is 0 Å². The van der Waals surface area contributed by atoms with Crippen LogP contribution in [0, 0.1) is 0 Å². The number of fused-ring (bicyclic) bond motifs is 1.